The summed E-state index contributed by atoms with van der Waals surface area (Å²) in [5, 5.41) is 19.3. The molecule has 0 aliphatic carbocycles. The van der Waals surface area contributed by atoms with Gasteiger partial charge in [0.25, 0.3) is 0 Å². The largest absolute Gasteiger partial charge is 0.611 e. The molecular weight excluding hydrogens is 324 g/mol. The Bertz CT molecular complexity index is 815. The molecule has 3 aromatic rings. The fourth-order valence-corrected chi connectivity index (χ4v) is 3.75. The van der Waals surface area contributed by atoms with Gasteiger partial charge in [0.05, 0.1) is 6.20 Å². The molecule has 0 amide bonds. The van der Waals surface area contributed by atoms with Gasteiger partial charge in [-0.2, -0.15) is 0 Å². The minimum atomic E-state index is -1.47. The Balaban J connectivity index is 1.90. The molecule has 0 saturated heterocycles. The second-order valence-corrected chi connectivity index (χ2v) is 7.21. The number of aromatic nitrogens is 2. The van der Waals surface area contributed by atoms with E-state index in [9.17, 15) is 4.55 Å². The van der Waals surface area contributed by atoms with Gasteiger partial charge in [0.2, 0.25) is 0 Å². The van der Waals surface area contributed by atoms with Crippen molar-refractivity contribution in [2.75, 3.05) is 5.75 Å². The first-order valence-corrected chi connectivity index (χ1v) is 9.24. The van der Waals surface area contributed by atoms with Crippen molar-refractivity contribution in [2.24, 2.45) is 0 Å². The van der Waals surface area contributed by atoms with E-state index in [1.54, 1.807) is 18.3 Å². The van der Waals surface area contributed by atoms with E-state index in [2.05, 4.69) is 11.9 Å². The molecule has 0 aliphatic rings. The quantitative estimate of drug-likeness (QED) is 0.532. The molecule has 1 aromatic carbocycles. The summed E-state index contributed by atoms with van der Waals surface area (Å²) in [4.78, 5) is 5.23. The molecule has 0 spiro atoms. The van der Waals surface area contributed by atoms with Crippen LogP contribution in [-0.4, -0.2) is 30.1 Å². The molecule has 24 heavy (non-hydrogen) atoms. The van der Waals surface area contributed by atoms with Crippen LogP contribution in [0.1, 0.15) is 31.6 Å². The van der Waals surface area contributed by atoms with Crippen LogP contribution in [0.25, 0.3) is 16.7 Å². The van der Waals surface area contributed by atoms with Crippen molar-refractivity contribution in [1.29, 1.82) is 0 Å². The number of unbranched alkanes of at least 4 members (excludes halogenated alkanes) is 1. The zero-order valence-corrected chi connectivity index (χ0v) is 14.2. The molecule has 1 atom stereocenters. The summed E-state index contributed by atoms with van der Waals surface area (Å²) >= 11 is -1.01. The van der Waals surface area contributed by atoms with Crippen LogP contribution < -0.4 is 0 Å². The highest BCUT2D eigenvalue weighted by molar-refractivity contribution is 7.91. The monoisotopic (exact) mass is 344 g/mol. The van der Waals surface area contributed by atoms with E-state index in [1.807, 2.05) is 35.0 Å². The fraction of sp³-hybridized carbons (Fsp3) is 0.278. The summed E-state index contributed by atoms with van der Waals surface area (Å²) in [6.45, 7) is 2.08. The van der Waals surface area contributed by atoms with Crippen LogP contribution in [0.2, 0.25) is 0 Å². The first-order chi connectivity index (χ1) is 11.6. The molecule has 2 heterocycles. The first kappa shape index (κ1) is 17.0. The Labute approximate surface area is 143 Å². The van der Waals surface area contributed by atoms with E-state index in [0.717, 1.165) is 34.5 Å². The molecule has 3 rings (SSSR count). The minimum absolute atomic E-state index is 0.441. The smallest absolute Gasteiger partial charge is 0.178 e. The maximum Gasteiger partial charge on any atom is 0.178 e. The molecule has 0 radical (unpaired) electrons. The number of hydrogen-bond acceptors (Lipinski definition) is 4. The number of pyridine rings is 1. The molecule has 1 unspecified atom stereocenters. The van der Waals surface area contributed by atoms with Gasteiger partial charge in [-0.15, -0.1) is 0 Å². The molecule has 6 heteroatoms. The summed E-state index contributed by atoms with van der Waals surface area (Å²) in [7, 11) is 0. The Kier molecular flexibility index (Phi) is 5.20. The van der Waals surface area contributed by atoms with Crippen molar-refractivity contribution >= 4 is 22.2 Å². The van der Waals surface area contributed by atoms with E-state index in [-0.39, 0.29) is 0 Å². The average Bonchev–Trinajstić information content (AvgIpc) is 3.02. The molecule has 0 saturated carbocycles. The highest BCUT2D eigenvalue weighted by Crippen LogP contribution is 2.23. The lowest BCUT2D eigenvalue weighted by Gasteiger charge is -2.10. The van der Waals surface area contributed by atoms with Gasteiger partial charge in [0.1, 0.15) is 11.4 Å². The molecular formula is C18H20N2O3S. The normalized spacial score (nSPS) is 12.9. The van der Waals surface area contributed by atoms with Crippen LogP contribution in [0.3, 0.4) is 0 Å². The van der Waals surface area contributed by atoms with Crippen molar-refractivity contribution in [2.45, 2.75) is 31.0 Å². The maximum atomic E-state index is 12.2. The number of nitrogens with zero attached hydrogens (tertiary/aromatic N) is 2. The third-order valence-electron chi connectivity index (χ3n) is 3.92. The highest BCUT2D eigenvalue weighted by atomic mass is 32.2. The summed E-state index contributed by atoms with van der Waals surface area (Å²) in [5.41, 5.74) is 2.10. The van der Waals surface area contributed by atoms with Crippen LogP contribution >= 0.6 is 0 Å². The molecule has 5 nitrogen and oxygen atoms in total. The Morgan fingerprint density at radius 1 is 1.21 bits per heavy atom. The van der Waals surface area contributed by atoms with Crippen molar-refractivity contribution in [3.05, 3.63) is 54.4 Å². The van der Waals surface area contributed by atoms with Gasteiger partial charge in [-0.3, -0.25) is 0 Å². The van der Waals surface area contributed by atoms with Crippen LogP contribution in [0.5, 0.6) is 0 Å². The van der Waals surface area contributed by atoms with Crippen molar-refractivity contribution in [1.82, 2.24) is 9.55 Å². The Morgan fingerprint density at radius 2 is 1.96 bits per heavy atom. The van der Waals surface area contributed by atoms with E-state index in [0.29, 0.717) is 11.3 Å². The summed E-state index contributed by atoms with van der Waals surface area (Å²) in [5.74, 6) is 0.662. The SMILES string of the molecule is CCCC[S+]([O-])c1cnc2c(ccn2-c2ccc(C(O)O)cc2)c1. The molecule has 0 fully saturated rings. The highest BCUT2D eigenvalue weighted by Gasteiger charge is 2.14. The first-order valence-electron chi connectivity index (χ1n) is 7.92. The lowest BCUT2D eigenvalue weighted by molar-refractivity contribution is -0.0424. The van der Waals surface area contributed by atoms with Crippen molar-refractivity contribution < 1.29 is 14.8 Å². The number of aliphatic hydroxyl groups is 2. The van der Waals surface area contributed by atoms with Gasteiger partial charge >= 0.3 is 0 Å². The fourth-order valence-electron chi connectivity index (χ4n) is 2.54. The molecule has 0 bridgehead atoms. The lowest BCUT2D eigenvalue weighted by atomic mass is 10.2. The summed E-state index contributed by atoms with van der Waals surface area (Å²) in [6, 6.07) is 10.8. The van der Waals surface area contributed by atoms with Crippen LogP contribution in [-0.2, 0) is 11.2 Å². The predicted molar refractivity (Wildman–Crippen MR) is 94.4 cm³/mol. The average molecular weight is 344 g/mol. The topological polar surface area (TPSA) is 81.3 Å². The Morgan fingerprint density at radius 3 is 2.62 bits per heavy atom. The van der Waals surface area contributed by atoms with Gasteiger partial charge in [0, 0.05) is 28.9 Å². The van der Waals surface area contributed by atoms with E-state index < -0.39 is 17.5 Å². The van der Waals surface area contributed by atoms with Gasteiger partial charge in [-0.05, 0) is 35.8 Å². The van der Waals surface area contributed by atoms with E-state index in [1.165, 1.54) is 0 Å². The summed E-state index contributed by atoms with van der Waals surface area (Å²) < 4.78 is 14.2. The van der Waals surface area contributed by atoms with Crippen LogP contribution in [0.15, 0.2) is 53.7 Å². The Hall–Kier alpha value is -1.86. The standard InChI is InChI=1S/C18H20N2O3S/c1-2-3-10-24(23)16-11-14-8-9-20(17(14)19-12-16)15-6-4-13(5-7-15)18(21)22/h4-9,11-12,18,21-22H,2-3,10H2,1H3. The second kappa shape index (κ2) is 7.36. The van der Waals surface area contributed by atoms with Crippen LogP contribution in [0, 0.1) is 0 Å². The third kappa shape index (κ3) is 3.47. The number of hydrogen-bond donors (Lipinski definition) is 2. The third-order valence-corrected chi connectivity index (χ3v) is 5.33. The van der Waals surface area contributed by atoms with Gasteiger partial charge in [-0.1, -0.05) is 25.5 Å². The molecule has 126 valence electrons. The zero-order chi connectivity index (χ0) is 17.1. The number of rotatable bonds is 6. The predicted octanol–water partition coefficient (Wildman–Crippen LogP) is 2.92. The number of fused-ring (bicyclic) bond motifs is 1. The second-order valence-electron chi connectivity index (χ2n) is 5.64. The lowest BCUT2D eigenvalue weighted by Crippen LogP contribution is -2.07. The molecule has 2 aromatic heterocycles. The molecule has 2 N–H and O–H groups in total. The summed E-state index contributed by atoms with van der Waals surface area (Å²) in [6.07, 6.45) is 4.07. The van der Waals surface area contributed by atoms with Gasteiger partial charge < -0.3 is 19.3 Å². The minimum Gasteiger partial charge on any atom is -0.611 e. The van der Waals surface area contributed by atoms with Gasteiger partial charge in [-0.25, -0.2) is 4.98 Å². The van der Waals surface area contributed by atoms with Gasteiger partial charge in [0.15, 0.2) is 11.2 Å². The van der Waals surface area contributed by atoms with Crippen LogP contribution in [0.4, 0.5) is 0 Å². The van der Waals surface area contributed by atoms with Crippen molar-refractivity contribution in [3.63, 3.8) is 0 Å². The number of aliphatic hydroxyl groups excluding tert-OH is 1. The number of benzene rings is 1. The van der Waals surface area contributed by atoms with E-state index in [4.69, 9.17) is 10.2 Å². The maximum absolute atomic E-state index is 12.2. The molecule has 0 aliphatic heterocycles. The zero-order valence-electron chi connectivity index (χ0n) is 13.4. The van der Waals surface area contributed by atoms with Crippen molar-refractivity contribution in [3.8, 4) is 5.69 Å². The van der Waals surface area contributed by atoms with E-state index >= 15 is 0 Å².